The van der Waals surface area contributed by atoms with E-state index in [-0.39, 0.29) is 11.7 Å². The number of hydrogen-bond acceptors (Lipinski definition) is 5. The van der Waals surface area contributed by atoms with Crippen molar-refractivity contribution in [3.63, 3.8) is 0 Å². The molecule has 0 aliphatic carbocycles. The number of esters is 1. The van der Waals surface area contributed by atoms with Crippen LogP contribution in [0.3, 0.4) is 0 Å². The zero-order valence-electron chi connectivity index (χ0n) is 11.2. The highest BCUT2D eigenvalue weighted by atomic mass is 32.2. The van der Waals surface area contributed by atoms with E-state index in [0.29, 0.717) is 0 Å². The fraction of sp³-hybridized carbons (Fsp3) is 0.214. The minimum absolute atomic E-state index is 0.247. The molecule has 2 aromatic heterocycles. The molecule has 0 bridgehead atoms. The molecule has 0 saturated carbocycles. The number of ether oxygens (including phenoxy) is 1. The molecule has 0 N–H and O–H groups in total. The number of thioether (sulfide) groups is 1. The van der Waals surface area contributed by atoms with Gasteiger partial charge in [-0.1, -0.05) is 30.0 Å². The van der Waals surface area contributed by atoms with E-state index in [4.69, 9.17) is 0 Å². The molecule has 3 rings (SSSR count). The highest BCUT2D eigenvalue weighted by Crippen LogP contribution is 2.27. The fourth-order valence-electron chi connectivity index (χ4n) is 2.04. The summed E-state index contributed by atoms with van der Waals surface area (Å²) in [7, 11) is 1.39. The number of nitrogens with zero attached hydrogens (tertiary/aromatic N) is 3. The molecule has 0 aliphatic heterocycles. The molecule has 0 aliphatic rings. The molecule has 0 saturated heterocycles. The lowest BCUT2D eigenvalue weighted by Crippen LogP contribution is -2.04. The molecule has 0 radical (unpaired) electrons. The smallest absolute Gasteiger partial charge is 0.316 e. The molecule has 0 amide bonds. The number of carbonyl (C=O) groups excluding carboxylic acids is 1. The van der Waals surface area contributed by atoms with Crippen molar-refractivity contribution in [2.24, 2.45) is 0 Å². The van der Waals surface area contributed by atoms with Gasteiger partial charge in [0.2, 0.25) is 0 Å². The van der Waals surface area contributed by atoms with Crippen LogP contribution in [0.25, 0.3) is 16.6 Å². The Morgan fingerprint density at radius 3 is 3.00 bits per heavy atom. The van der Waals surface area contributed by atoms with E-state index in [1.54, 1.807) is 0 Å². The van der Waals surface area contributed by atoms with Gasteiger partial charge in [-0.2, -0.15) is 5.10 Å². The van der Waals surface area contributed by atoms with Crippen LogP contribution in [0, 0.1) is 6.92 Å². The van der Waals surface area contributed by atoms with E-state index in [2.05, 4.69) is 14.8 Å². The van der Waals surface area contributed by atoms with Gasteiger partial charge in [0.05, 0.1) is 24.1 Å². The second-order valence-corrected chi connectivity index (χ2v) is 5.32. The molecule has 1 aromatic carbocycles. The van der Waals surface area contributed by atoms with Crippen LogP contribution in [0.5, 0.6) is 0 Å². The Labute approximate surface area is 119 Å². The van der Waals surface area contributed by atoms with Gasteiger partial charge in [-0.25, -0.2) is 9.50 Å². The van der Waals surface area contributed by atoms with Crippen LogP contribution < -0.4 is 0 Å². The maximum Gasteiger partial charge on any atom is 0.316 e. The molecule has 2 heterocycles. The van der Waals surface area contributed by atoms with Crippen LogP contribution in [0.1, 0.15) is 5.69 Å². The second kappa shape index (κ2) is 5.13. The van der Waals surface area contributed by atoms with Gasteiger partial charge in [-0.3, -0.25) is 4.79 Å². The lowest BCUT2D eigenvalue weighted by molar-refractivity contribution is -0.137. The summed E-state index contributed by atoms with van der Waals surface area (Å²) >= 11 is 1.38. The Bertz CT molecular complexity index is 798. The first-order valence-corrected chi connectivity index (χ1v) is 7.12. The first kappa shape index (κ1) is 12.9. The first-order chi connectivity index (χ1) is 9.69. The molecule has 0 unspecified atom stereocenters. The van der Waals surface area contributed by atoms with E-state index in [9.17, 15) is 4.79 Å². The van der Waals surface area contributed by atoms with Crippen LogP contribution in [0.4, 0.5) is 0 Å². The highest BCUT2D eigenvalue weighted by molar-refractivity contribution is 8.00. The van der Waals surface area contributed by atoms with Crippen molar-refractivity contribution < 1.29 is 9.53 Å². The highest BCUT2D eigenvalue weighted by Gasteiger charge is 2.11. The molecule has 0 spiro atoms. The number of rotatable bonds is 3. The summed E-state index contributed by atoms with van der Waals surface area (Å²) in [5.41, 5.74) is 2.68. The van der Waals surface area contributed by atoms with Gasteiger partial charge in [0.1, 0.15) is 5.03 Å². The minimum Gasteiger partial charge on any atom is -0.468 e. The lowest BCUT2D eigenvalue weighted by atomic mass is 10.2. The standard InChI is InChI=1S/C14H13N3O2S/c1-9-7-12-15-14(20-8-13(18)19-2)10-5-3-4-6-11(10)17(12)16-9/h3-7H,8H2,1-2H3. The summed E-state index contributed by atoms with van der Waals surface area (Å²) < 4.78 is 6.50. The molecule has 102 valence electrons. The molecule has 20 heavy (non-hydrogen) atoms. The largest absolute Gasteiger partial charge is 0.468 e. The van der Waals surface area contributed by atoms with Crippen molar-refractivity contribution >= 4 is 34.3 Å². The van der Waals surface area contributed by atoms with Crippen LogP contribution in [0.15, 0.2) is 35.4 Å². The average molecular weight is 287 g/mol. The van der Waals surface area contributed by atoms with Crippen molar-refractivity contribution in [2.75, 3.05) is 12.9 Å². The van der Waals surface area contributed by atoms with Gasteiger partial charge in [-0.05, 0) is 13.0 Å². The van der Waals surface area contributed by atoms with E-state index in [1.165, 1.54) is 18.9 Å². The molecule has 0 fully saturated rings. The predicted molar refractivity (Wildman–Crippen MR) is 78.0 cm³/mol. The van der Waals surface area contributed by atoms with Gasteiger partial charge >= 0.3 is 5.97 Å². The molecular weight excluding hydrogens is 274 g/mol. The van der Waals surface area contributed by atoms with Gasteiger partial charge in [-0.15, -0.1) is 0 Å². The van der Waals surface area contributed by atoms with E-state index in [1.807, 2.05) is 41.8 Å². The van der Waals surface area contributed by atoms with Crippen molar-refractivity contribution in [2.45, 2.75) is 11.9 Å². The number of aryl methyl sites for hydroxylation is 1. The summed E-state index contributed by atoms with van der Waals surface area (Å²) in [4.78, 5) is 15.9. The van der Waals surface area contributed by atoms with Crippen molar-refractivity contribution in [1.82, 2.24) is 14.6 Å². The lowest BCUT2D eigenvalue weighted by Gasteiger charge is -2.06. The summed E-state index contributed by atoms with van der Waals surface area (Å²) in [6.45, 7) is 1.94. The maximum atomic E-state index is 11.3. The van der Waals surface area contributed by atoms with Crippen LogP contribution in [-0.2, 0) is 9.53 Å². The fourth-order valence-corrected chi connectivity index (χ4v) is 2.90. The van der Waals surface area contributed by atoms with Gasteiger partial charge in [0.25, 0.3) is 0 Å². The normalized spacial score (nSPS) is 11.1. The van der Waals surface area contributed by atoms with Crippen molar-refractivity contribution in [1.29, 1.82) is 0 Å². The Balaban J connectivity index is 2.15. The van der Waals surface area contributed by atoms with Crippen LogP contribution >= 0.6 is 11.8 Å². The number of para-hydroxylation sites is 1. The number of hydrogen-bond donors (Lipinski definition) is 0. The zero-order chi connectivity index (χ0) is 14.1. The molecular formula is C14H13N3O2S. The maximum absolute atomic E-state index is 11.3. The summed E-state index contributed by atoms with van der Waals surface area (Å²) in [5, 5.41) is 6.25. The van der Waals surface area contributed by atoms with E-state index in [0.717, 1.165) is 27.3 Å². The Hall–Kier alpha value is -2.08. The molecule has 0 atom stereocenters. The molecule has 5 nitrogen and oxygen atoms in total. The number of benzene rings is 1. The number of fused-ring (bicyclic) bond motifs is 3. The zero-order valence-corrected chi connectivity index (χ0v) is 12.0. The number of aromatic nitrogens is 3. The molecule has 3 aromatic rings. The van der Waals surface area contributed by atoms with Gasteiger partial charge < -0.3 is 4.74 Å². The third kappa shape index (κ3) is 2.22. The summed E-state index contributed by atoms with van der Waals surface area (Å²) in [5.74, 6) is -0.0120. The Kier molecular flexibility index (Phi) is 3.31. The quantitative estimate of drug-likeness (QED) is 0.421. The first-order valence-electron chi connectivity index (χ1n) is 6.14. The second-order valence-electron chi connectivity index (χ2n) is 4.35. The predicted octanol–water partition coefficient (Wildman–Crippen LogP) is 2.46. The Morgan fingerprint density at radius 2 is 2.20 bits per heavy atom. The molecule has 6 heteroatoms. The van der Waals surface area contributed by atoms with E-state index >= 15 is 0 Å². The van der Waals surface area contributed by atoms with Crippen molar-refractivity contribution in [3.05, 3.63) is 36.0 Å². The van der Waals surface area contributed by atoms with E-state index < -0.39 is 0 Å². The van der Waals surface area contributed by atoms with Crippen molar-refractivity contribution in [3.8, 4) is 0 Å². The summed E-state index contributed by atoms with van der Waals surface area (Å²) in [6.07, 6.45) is 0. The topological polar surface area (TPSA) is 56.5 Å². The number of methoxy groups -OCH3 is 1. The van der Waals surface area contributed by atoms with Gasteiger partial charge in [0.15, 0.2) is 5.65 Å². The van der Waals surface area contributed by atoms with Crippen LogP contribution in [-0.4, -0.2) is 33.4 Å². The minimum atomic E-state index is -0.259. The van der Waals surface area contributed by atoms with Crippen LogP contribution in [0.2, 0.25) is 0 Å². The average Bonchev–Trinajstić information content (AvgIpc) is 2.85. The van der Waals surface area contributed by atoms with Gasteiger partial charge in [0, 0.05) is 11.5 Å². The third-order valence-corrected chi connectivity index (χ3v) is 3.91. The third-order valence-electron chi connectivity index (χ3n) is 2.95. The summed E-state index contributed by atoms with van der Waals surface area (Å²) in [6, 6.07) is 9.83. The number of carbonyl (C=O) groups is 1. The monoisotopic (exact) mass is 287 g/mol. The SMILES string of the molecule is COC(=O)CSc1nc2cc(C)nn2c2ccccc12. The Morgan fingerprint density at radius 1 is 1.40 bits per heavy atom.